The molecule has 1 heterocycles. The maximum absolute atomic E-state index is 13.3. The summed E-state index contributed by atoms with van der Waals surface area (Å²) in [5.74, 6) is -0.282. The number of thiazole rings is 1. The van der Waals surface area contributed by atoms with Gasteiger partial charge < -0.3 is 5.11 Å². The highest BCUT2D eigenvalue weighted by Crippen LogP contribution is 2.21. The van der Waals surface area contributed by atoms with Crippen LogP contribution in [0.4, 0.5) is 4.39 Å². The van der Waals surface area contributed by atoms with Gasteiger partial charge in [0, 0.05) is 18.0 Å². The van der Waals surface area contributed by atoms with Gasteiger partial charge in [0.1, 0.15) is 5.82 Å². The van der Waals surface area contributed by atoms with Crippen LogP contribution in [0.15, 0.2) is 29.8 Å². The van der Waals surface area contributed by atoms with E-state index in [9.17, 15) is 9.50 Å². The summed E-state index contributed by atoms with van der Waals surface area (Å²) in [5.41, 5.74) is 1.18. The van der Waals surface area contributed by atoms with E-state index in [1.54, 1.807) is 25.3 Å². The molecule has 0 aliphatic rings. The monoisotopic (exact) mass is 237 g/mol. The lowest BCUT2D eigenvalue weighted by molar-refractivity contribution is 0.178. The molecule has 0 saturated carbocycles. The molecule has 0 saturated heterocycles. The molecule has 0 aliphatic carbocycles. The fourth-order valence-corrected chi connectivity index (χ4v) is 2.11. The third-order valence-electron chi connectivity index (χ3n) is 2.43. The van der Waals surface area contributed by atoms with Crippen LogP contribution < -0.4 is 0 Å². The third kappa shape index (κ3) is 2.46. The summed E-state index contributed by atoms with van der Waals surface area (Å²) in [4.78, 5) is 4.09. The van der Waals surface area contributed by atoms with Crippen molar-refractivity contribution in [3.8, 4) is 0 Å². The molecule has 1 atom stereocenters. The zero-order valence-electron chi connectivity index (χ0n) is 8.85. The van der Waals surface area contributed by atoms with Crippen molar-refractivity contribution in [2.75, 3.05) is 0 Å². The fraction of sp³-hybridized carbons (Fsp3) is 0.250. The largest absolute Gasteiger partial charge is 0.388 e. The summed E-state index contributed by atoms with van der Waals surface area (Å²) >= 11 is 1.49. The number of benzene rings is 1. The van der Waals surface area contributed by atoms with Crippen molar-refractivity contribution in [3.05, 3.63) is 51.7 Å². The maximum Gasteiger partial charge on any atom is 0.126 e. The minimum atomic E-state index is -0.693. The Morgan fingerprint density at radius 2 is 2.31 bits per heavy atom. The Bertz CT molecular complexity index is 470. The molecule has 2 rings (SSSR count). The first-order valence-corrected chi connectivity index (χ1v) is 5.87. The van der Waals surface area contributed by atoms with Gasteiger partial charge in [-0.3, -0.25) is 0 Å². The van der Waals surface area contributed by atoms with Crippen molar-refractivity contribution in [2.24, 2.45) is 0 Å². The van der Waals surface area contributed by atoms with Crippen LogP contribution in [-0.4, -0.2) is 10.1 Å². The number of halogens is 1. The summed E-state index contributed by atoms with van der Waals surface area (Å²) in [6.07, 6.45) is 1.43. The lowest BCUT2D eigenvalue weighted by Crippen LogP contribution is -2.02. The van der Waals surface area contributed by atoms with E-state index in [1.165, 1.54) is 17.4 Å². The molecule has 2 aromatic rings. The van der Waals surface area contributed by atoms with Crippen molar-refractivity contribution < 1.29 is 9.50 Å². The average Bonchev–Trinajstić information content (AvgIpc) is 2.74. The first-order valence-electron chi connectivity index (χ1n) is 4.99. The Balaban J connectivity index is 2.14. The molecule has 16 heavy (non-hydrogen) atoms. The average molecular weight is 237 g/mol. The first kappa shape index (κ1) is 11.2. The topological polar surface area (TPSA) is 33.1 Å². The van der Waals surface area contributed by atoms with Crippen LogP contribution >= 0.6 is 11.3 Å². The van der Waals surface area contributed by atoms with Crippen LogP contribution in [0.5, 0.6) is 0 Å². The lowest BCUT2D eigenvalue weighted by atomic mass is 10.0. The predicted octanol–water partition coefficient (Wildman–Crippen LogP) is 2.87. The highest BCUT2D eigenvalue weighted by molar-refractivity contribution is 7.09. The Morgan fingerprint density at radius 1 is 1.50 bits per heavy atom. The van der Waals surface area contributed by atoms with Crippen molar-refractivity contribution in [1.82, 2.24) is 4.98 Å². The van der Waals surface area contributed by atoms with Gasteiger partial charge >= 0.3 is 0 Å². The van der Waals surface area contributed by atoms with Crippen LogP contribution in [0.2, 0.25) is 0 Å². The number of nitrogens with zero attached hydrogens (tertiary/aromatic N) is 1. The molecule has 2 nitrogen and oxygen atoms in total. The van der Waals surface area contributed by atoms with E-state index >= 15 is 0 Å². The number of aliphatic hydroxyl groups is 1. The van der Waals surface area contributed by atoms with Crippen LogP contribution in [0.25, 0.3) is 0 Å². The zero-order chi connectivity index (χ0) is 11.5. The minimum Gasteiger partial charge on any atom is -0.388 e. The molecule has 84 valence electrons. The molecule has 1 N–H and O–H groups in total. The Kier molecular flexibility index (Phi) is 3.31. The van der Waals surface area contributed by atoms with E-state index in [0.717, 1.165) is 5.01 Å². The summed E-state index contributed by atoms with van der Waals surface area (Å²) in [5, 5.41) is 12.6. The second kappa shape index (κ2) is 4.72. The Hall–Kier alpha value is -1.26. The van der Waals surface area contributed by atoms with Gasteiger partial charge in [-0.05, 0) is 24.1 Å². The molecule has 0 amide bonds. The van der Waals surface area contributed by atoms with Crippen molar-refractivity contribution in [3.63, 3.8) is 0 Å². The number of aliphatic hydroxyl groups excluding tert-OH is 1. The molecule has 1 aromatic carbocycles. The van der Waals surface area contributed by atoms with Gasteiger partial charge in [-0.15, -0.1) is 11.3 Å². The summed E-state index contributed by atoms with van der Waals surface area (Å²) in [6, 6.07) is 4.81. The lowest BCUT2D eigenvalue weighted by Gasteiger charge is -2.09. The van der Waals surface area contributed by atoms with Gasteiger partial charge in [0.25, 0.3) is 0 Å². The van der Waals surface area contributed by atoms with E-state index in [0.29, 0.717) is 17.5 Å². The molecule has 1 aromatic heterocycles. The van der Waals surface area contributed by atoms with E-state index in [-0.39, 0.29) is 5.82 Å². The normalized spacial score (nSPS) is 12.7. The number of aromatic nitrogens is 1. The van der Waals surface area contributed by atoms with Gasteiger partial charge in [0.2, 0.25) is 0 Å². The number of hydrogen-bond donors (Lipinski definition) is 1. The van der Waals surface area contributed by atoms with Gasteiger partial charge in [-0.1, -0.05) is 12.1 Å². The highest BCUT2D eigenvalue weighted by Gasteiger charge is 2.11. The van der Waals surface area contributed by atoms with Crippen LogP contribution in [0.1, 0.15) is 22.2 Å². The Labute approximate surface area is 97.4 Å². The molecule has 1 unspecified atom stereocenters. The van der Waals surface area contributed by atoms with Gasteiger partial charge in [0.05, 0.1) is 11.1 Å². The molecular formula is C12H12FNOS. The zero-order valence-corrected chi connectivity index (χ0v) is 9.67. The van der Waals surface area contributed by atoms with E-state index in [4.69, 9.17) is 0 Å². The van der Waals surface area contributed by atoms with Crippen LogP contribution in [0, 0.1) is 12.7 Å². The second-order valence-corrected chi connectivity index (χ2v) is 4.63. The smallest absolute Gasteiger partial charge is 0.126 e. The van der Waals surface area contributed by atoms with E-state index in [1.807, 2.05) is 5.38 Å². The molecule has 4 heteroatoms. The number of hydrogen-bond acceptors (Lipinski definition) is 3. The molecular weight excluding hydrogens is 225 g/mol. The summed E-state index contributed by atoms with van der Waals surface area (Å²) < 4.78 is 13.3. The van der Waals surface area contributed by atoms with Crippen molar-refractivity contribution in [2.45, 2.75) is 19.4 Å². The van der Waals surface area contributed by atoms with Gasteiger partial charge in [-0.25, -0.2) is 9.37 Å². The quantitative estimate of drug-likeness (QED) is 0.890. The van der Waals surface area contributed by atoms with Crippen LogP contribution in [0.3, 0.4) is 0 Å². The molecule has 0 spiro atoms. The van der Waals surface area contributed by atoms with Crippen LogP contribution in [-0.2, 0) is 6.42 Å². The number of aryl methyl sites for hydroxylation is 1. The number of rotatable bonds is 3. The van der Waals surface area contributed by atoms with E-state index in [2.05, 4.69) is 4.98 Å². The first-order chi connectivity index (χ1) is 7.66. The van der Waals surface area contributed by atoms with Crippen molar-refractivity contribution in [1.29, 1.82) is 0 Å². The molecule has 0 radical (unpaired) electrons. The molecule has 0 aliphatic heterocycles. The SMILES string of the molecule is Cc1ccc(C(O)Cc2nccs2)cc1F. The Morgan fingerprint density at radius 3 is 2.94 bits per heavy atom. The van der Waals surface area contributed by atoms with Crippen molar-refractivity contribution >= 4 is 11.3 Å². The summed E-state index contributed by atoms with van der Waals surface area (Å²) in [7, 11) is 0. The highest BCUT2D eigenvalue weighted by atomic mass is 32.1. The second-order valence-electron chi connectivity index (χ2n) is 3.65. The minimum absolute atomic E-state index is 0.282. The predicted molar refractivity (Wildman–Crippen MR) is 61.9 cm³/mol. The molecule has 0 fully saturated rings. The fourth-order valence-electron chi connectivity index (χ4n) is 1.45. The molecule has 0 bridgehead atoms. The maximum atomic E-state index is 13.3. The third-order valence-corrected chi connectivity index (χ3v) is 3.23. The standard InChI is InChI=1S/C12H12FNOS/c1-8-2-3-9(6-10(8)13)11(15)7-12-14-4-5-16-12/h2-6,11,15H,7H2,1H3. The van der Waals surface area contributed by atoms with Gasteiger partial charge in [-0.2, -0.15) is 0 Å². The van der Waals surface area contributed by atoms with Gasteiger partial charge in [0.15, 0.2) is 0 Å². The van der Waals surface area contributed by atoms with E-state index < -0.39 is 6.10 Å². The summed E-state index contributed by atoms with van der Waals surface area (Å²) in [6.45, 7) is 1.70.